The fourth-order valence-corrected chi connectivity index (χ4v) is 3.28. The summed E-state index contributed by atoms with van der Waals surface area (Å²) in [5, 5.41) is 6.43. The molecule has 0 spiro atoms. The molecule has 1 fully saturated rings. The Morgan fingerprint density at radius 2 is 2.37 bits per heavy atom. The van der Waals surface area contributed by atoms with Gasteiger partial charge in [-0.1, -0.05) is 0 Å². The summed E-state index contributed by atoms with van der Waals surface area (Å²) in [5.41, 5.74) is 0. The molecule has 2 rings (SSSR count). The first-order valence-corrected chi connectivity index (χ1v) is 7.58. The first-order chi connectivity index (χ1) is 8.74. The highest BCUT2D eigenvalue weighted by molar-refractivity contribution is 7.12. The molecule has 1 aromatic heterocycles. The van der Waals surface area contributed by atoms with Crippen LogP contribution in [0.2, 0.25) is 0 Å². The molecule has 2 N–H and O–H groups in total. The molecule has 1 aliphatic heterocycles. The van der Waals surface area contributed by atoms with E-state index in [2.05, 4.69) is 23.6 Å². The second-order valence-electron chi connectivity index (χ2n) is 5.04. The maximum Gasteiger partial charge on any atom is 0.225 e. The highest BCUT2D eigenvalue weighted by Crippen LogP contribution is 2.15. The van der Waals surface area contributed by atoms with Crippen molar-refractivity contribution in [3.63, 3.8) is 0 Å². The van der Waals surface area contributed by atoms with Gasteiger partial charge in [-0.2, -0.15) is 0 Å². The molecule has 3 nitrogen and oxygen atoms in total. The number of carbonyl (C=O) groups excluding carboxylic acids is 1. The number of amides is 1. The van der Waals surface area contributed by atoms with Crippen molar-refractivity contribution in [2.75, 3.05) is 19.6 Å². The van der Waals surface area contributed by atoms with Crippen molar-refractivity contribution in [3.8, 4) is 0 Å². The van der Waals surface area contributed by atoms with E-state index in [1.807, 2.05) is 6.07 Å². The minimum atomic E-state index is 0. The molecule has 19 heavy (non-hydrogen) atoms. The number of aryl methyl sites for hydroxylation is 1. The molecular weight excluding hydrogens is 280 g/mol. The number of halogens is 1. The van der Waals surface area contributed by atoms with Crippen molar-refractivity contribution < 1.29 is 4.79 Å². The van der Waals surface area contributed by atoms with Gasteiger partial charge in [0.25, 0.3) is 0 Å². The van der Waals surface area contributed by atoms with Crippen LogP contribution in [-0.2, 0) is 11.2 Å². The van der Waals surface area contributed by atoms with E-state index in [9.17, 15) is 4.79 Å². The second-order valence-corrected chi connectivity index (χ2v) is 6.41. The van der Waals surface area contributed by atoms with E-state index in [1.165, 1.54) is 17.7 Å². The quantitative estimate of drug-likeness (QED) is 0.877. The van der Waals surface area contributed by atoms with E-state index >= 15 is 0 Å². The number of hydrogen-bond acceptors (Lipinski definition) is 3. The van der Waals surface area contributed by atoms with Crippen LogP contribution in [0.15, 0.2) is 12.1 Å². The summed E-state index contributed by atoms with van der Waals surface area (Å²) in [6, 6.07) is 4.12. The molecule has 0 radical (unpaired) electrons. The van der Waals surface area contributed by atoms with Crippen LogP contribution in [0.4, 0.5) is 0 Å². The Kier molecular flexibility index (Phi) is 7.42. The fourth-order valence-electron chi connectivity index (χ4n) is 2.39. The summed E-state index contributed by atoms with van der Waals surface area (Å²) in [5.74, 6) is 0.892. The van der Waals surface area contributed by atoms with Crippen molar-refractivity contribution >= 4 is 29.7 Å². The Morgan fingerprint density at radius 3 is 3.00 bits per heavy atom. The van der Waals surface area contributed by atoms with Gasteiger partial charge in [0.2, 0.25) is 5.91 Å². The summed E-state index contributed by atoms with van der Waals surface area (Å²) in [4.78, 5) is 14.2. The summed E-state index contributed by atoms with van der Waals surface area (Å²) >= 11 is 1.71. The number of thiophene rings is 1. The average Bonchev–Trinajstić information content (AvgIpc) is 2.76. The highest BCUT2D eigenvalue weighted by Gasteiger charge is 2.13. The van der Waals surface area contributed by atoms with Crippen molar-refractivity contribution in [1.82, 2.24) is 10.6 Å². The molecule has 0 aliphatic carbocycles. The van der Waals surface area contributed by atoms with Gasteiger partial charge in [0, 0.05) is 16.3 Å². The average molecular weight is 303 g/mol. The van der Waals surface area contributed by atoms with Crippen molar-refractivity contribution in [2.24, 2.45) is 5.92 Å². The monoisotopic (exact) mass is 302 g/mol. The van der Waals surface area contributed by atoms with Crippen molar-refractivity contribution in [2.45, 2.75) is 32.6 Å². The Labute approximate surface area is 125 Å². The topological polar surface area (TPSA) is 41.1 Å². The van der Waals surface area contributed by atoms with E-state index in [0.717, 1.165) is 36.9 Å². The van der Waals surface area contributed by atoms with Crippen LogP contribution >= 0.6 is 23.7 Å². The van der Waals surface area contributed by atoms with Gasteiger partial charge in [-0.15, -0.1) is 23.7 Å². The lowest BCUT2D eigenvalue weighted by Gasteiger charge is -2.22. The zero-order valence-corrected chi connectivity index (χ0v) is 13.0. The van der Waals surface area contributed by atoms with Crippen LogP contribution < -0.4 is 10.6 Å². The number of rotatable bonds is 5. The molecule has 108 valence electrons. The van der Waals surface area contributed by atoms with Crippen molar-refractivity contribution in [1.29, 1.82) is 0 Å². The molecule has 5 heteroatoms. The van der Waals surface area contributed by atoms with Gasteiger partial charge in [-0.3, -0.25) is 4.79 Å². The van der Waals surface area contributed by atoms with Crippen LogP contribution in [0.3, 0.4) is 0 Å². The maximum atomic E-state index is 11.7. The first kappa shape index (κ1) is 16.5. The predicted molar refractivity (Wildman–Crippen MR) is 83.2 cm³/mol. The normalized spacial score (nSPS) is 18.7. The minimum Gasteiger partial charge on any atom is -0.356 e. The van der Waals surface area contributed by atoms with Crippen molar-refractivity contribution in [3.05, 3.63) is 21.9 Å². The Morgan fingerprint density at radius 1 is 1.53 bits per heavy atom. The highest BCUT2D eigenvalue weighted by atomic mass is 35.5. The molecule has 1 atom stereocenters. The summed E-state index contributed by atoms with van der Waals surface area (Å²) in [6.07, 6.45) is 4.20. The Bertz CT molecular complexity index is 389. The molecule has 1 aromatic rings. The maximum absolute atomic E-state index is 11.7. The van der Waals surface area contributed by atoms with Crippen LogP contribution in [0.5, 0.6) is 0 Å². The smallest absolute Gasteiger partial charge is 0.225 e. The summed E-state index contributed by atoms with van der Waals surface area (Å²) < 4.78 is 0. The summed E-state index contributed by atoms with van der Waals surface area (Å²) in [7, 11) is 0. The molecule has 2 heterocycles. The first-order valence-electron chi connectivity index (χ1n) is 6.77. The van der Waals surface area contributed by atoms with Gasteiger partial charge in [0.1, 0.15) is 0 Å². The number of piperidine rings is 1. The molecule has 0 saturated carbocycles. The molecule has 0 bridgehead atoms. The lowest BCUT2D eigenvalue weighted by atomic mass is 9.96. The molecule has 1 amide bonds. The molecule has 1 unspecified atom stereocenters. The second kappa shape index (κ2) is 8.56. The van der Waals surface area contributed by atoms with Gasteiger partial charge >= 0.3 is 0 Å². The third kappa shape index (κ3) is 5.93. The van der Waals surface area contributed by atoms with E-state index < -0.39 is 0 Å². The van der Waals surface area contributed by atoms with E-state index in [0.29, 0.717) is 6.42 Å². The Balaban J connectivity index is 0.00000180. The fraction of sp³-hybridized carbons (Fsp3) is 0.643. The van der Waals surface area contributed by atoms with Gasteiger partial charge in [0.05, 0.1) is 6.42 Å². The predicted octanol–water partition coefficient (Wildman–Crippen LogP) is 2.53. The summed E-state index contributed by atoms with van der Waals surface area (Å²) in [6.45, 7) is 5.15. The number of carbonyl (C=O) groups is 1. The van der Waals surface area contributed by atoms with Gasteiger partial charge in [0.15, 0.2) is 0 Å². The molecule has 1 aliphatic rings. The number of nitrogens with one attached hydrogen (secondary N) is 2. The lowest BCUT2D eigenvalue weighted by Crippen LogP contribution is -2.33. The van der Waals surface area contributed by atoms with Gasteiger partial charge in [-0.05, 0) is 57.3 Å². The van der Waals surface area contributed by atoms with E-state index in [-0.39, 0.29) is 18.3 Å². The standard InChI is InChI=1S/C14H22N2OS.ClH/c1-11-4-5-13(18-11)9-14(17)16-8-6-12-3-2-7-15-10-12;/h4-5,12,15H,2-3,6-10H2,1H3,(H,16,17);1H. The third-order valence-corrected chi connectivity index (χ3v) is 4.41. The van der Waals surface area contributed by atoms with E-state index in [1.54, 1.807) is 11.3 Å². The molecular formula is C14H23ClN2OS. The van der Waals surface area contributed by atoms with Gasteiger partial charge in [-0.25, -0.2) is 0 Å². The zero-order valence-electron chi connectivity index (χ0n) is 11.4. The number of hydrogen-bond donors (Lipinski definition) is 2. The van der Waals surface area contributed by atoms with Crippen LogP contribution in [0.1, 0.15) is 29.0 Å². The van der Waals surface area contributed by atoms with E-state index in [4.69, 9.17) is 0 Å². The lowest BCUT2D eigenvalue weighted by molar-refractivity contribution is -0.120. The SMILES string of the molecule is Cc1ccc(CC(=O)NCCC2CCCNC2)s1.Cl. The van der Waals surface area contributed by atoms with Crippen LogP contribution in [-0.4, -0.2) is 25.5 Å². The minimum absolute atomic E-state index is 0. The third-order valence-electron chi connectivity index (χ3n) is 3.40. The van der Waals surface area contributed by atoms with Crippen LogP contribution in [0.25, 0.3) is 0 Å². The largest absolute Gasteiger partial charge is 0.356 e. The Hall–Kier alpha value is -0.580. The van der Waals surface area contributed by atoms with Crippen LogP contribution in [0, 0.1) is 12.8 Å². The van der Waals surface area contributed by atoms with Gasteiger partial charge < -0.3 is 10.6 Å². The molecule has 0 aromatic carbocycles. The zero-order chi connectivity index (χ0) is 12.8. The molecule has 1 saturated heterocycles.